The lowest BCUT2D eigenvalue weighted by atomic mass is 9.88. The summed E-state index contributed by atoms with van der Waals surface area (Å²) in [5, 5.41) is 7.64. The molecular weight excluding hydrogens is 284 g/mol. The van der Waals surface area contributed by atoms with Gasteiger partial charge in [-0.15, -0.1) is 0 Å². The van der Waals surface area contributed by atoms with Crippen molar-refractivity contribution >= 4 is 0 Å². The Morgan fingerprint density at radius 2 is 1.55 bits per heavy atom. The first kappa shape index (κ1) is 16.6. The van der Waals surface area contributed by atoms with Gasteiger partial charge in [-0.3, -0.25) is 0 Å². The zero-order valence-corrected chi connectivity index (χ0v) is 13.9. The Labute approximate surface area is 130 Å². The second kappa shape index (κ2) is 7.00. The zero-order valence-electron chi connectivity index (χ0n) is 13.9. The SMILES string of the molecule is CC.Cc1nc(C2(C)COC2)no1.Cc1nc(C2CC2)no1. The number of hydrogen-bond acceptors (Lipinski definition) is 7. The van der Waals surface area contributed by atoms with E-state index < -0.39 is 0 Å². The van der Waals surface area contributed by atoms with Crippen LogP contribution in [0.4, 0.5) is 0 Å². The molecule has 0 spiro atoms. The minimum atomic E-state index is -0.00222. The number of aryl methyl sites for hydroxylation is 2. The maximum atomic E-state index is 5.08. The predicted molar refractivity (Wildman–Crippen MR) is 79.6 cm³/mol. The van der Waals surface area contributed by atoms with Crippen molar-refractivity contribution in [3.63, 3.8) is 0 Å². The Hall–Kier alpha value is -1.76. The quantitative estimate of drug-likeness (QED) is 0.842. The van der Waals surface area contributed by atoms with Crippen LogP contribution in [-0.2, 0) is 10.2 Å². The highest BCUT2D eigenvalue weighted by Gasteiger charge is 2.39. The lowest BCUT2D eigenvalue weighted by Crippen LogP contribution is -2.44. The van der Waals surface area contributed by atoms with Crippen LogP contribution >= 0.6 is 0 Å². The normalized spacial score (nSPS) is 18.4. The molecule has 1 saturated heterocycles. The Bertz CT molecular complexity index is 585. The second-order valence-electron chi connectivity index (χ2n) is 5.64. The van der Waals surface area contributed by atoms with Gasteiger partial charge < -0.3 is 13.8 Å². The standard InChI is InChI=1S/C7H10N2O2.C6H8N2O.C2H6/c1-5-8-6(9-11-5)7(2)3-10-4-7;1-4-7-6(8-9-4)5-2-3-5;1-2/h3-4H2,1-2H3;5H,2-3H2,1H3;1-2H3. The van der Waals surface area contributed by atoms with E-state index in [1.54, 1.807) is 6.92 Å². The van der Waals surface area contributed by atoms with Crippen molar-refractivity contribution in [1.82, 2.24) is 20.3 Å². The van der Waals surface area contributed by atoms with E-state index in [1.165, 1.54) is 12.8 Å². The van der Waals surface area contributed by atoms with Crippen molar-refractivity contribution < 1.29 is 13.8 Å². The van der Waals surface area contributed by atoms with Crippen molar-refractivity contribution in [3.8, 4) is 0 Å². The molecule has 7 heteroatoms. The van der Waals surface area contributed by atoms with Crippen molar-refractivity contribution in [2.75, 3.05) is 13.2 Å². The molecule has 22 heavy (non-hydrogen) atoms. The molecule has 1 saturated carbocycles. The molecule has 2 aromatic rings. The van der Waals surface area contributed by atoms with Crippen LogP contribution in [0.15, 0.2) is 9.05 Å². The molecule has 0 unspecified atom stereocenters. The van der Waals surface area contributed by atoms with Crippen molar-refractivity contribution in [1.29, 1.82) is 0 Å². The third-order valence-corrected chi connectivity index (χ3v) is 3.39. The number of nitrogens with zero attached hydrogens (tertiary/aromatic N) is 4. The van der Waals surface area contributed by atoms with E-state index in [-0.39, 0.29) is 5.41 Å². The van der Waals surface area contributed by atoms with Gasteiger partial charge in [0.2, 0.25) is 11.8 Å². The van der Waals surface area contributed by atoms with Gasteiger partial charge in [0.25, 0.3) is 0 Å². The van der Waals surface area contributed by atoms with E-state index in [0.29, 0.717) is 30.9 Å². The summed E-state index contributed by atoms with van der Waals surface area (Å²) in [7, 11) is 0. The fourth-order valence-corrected chi connectivity index (χ4v) is 1.90. The van der Waals surface area contributed by atoms with E-state index in [2.05, 4.69) is 27.2 Å². The molecule has 0 atom stereocenters. The van der Waals surface area contributed by atoms with Crippen molar-refractivity contribution in [2.45, 2.75) is 58.8 Å². The largest absolute Gasteiger partial charge is 0.379 e. The maximum absolute atomic E-state index is 5.08. The lowest BCUT2D eigenvalue weighted by Gasteiger charge is -2.34. The van der Waals surface area contributed by atoms with Gasteiger partial charge in [-0.05, 0) is 19.8 Å². The van der Waals surface area contributed by atoms with E-state index in [9.17, 15) is 0 Å². The molecule has 0 N–H and O–H groups in total. The Morgan fingerprint density at radius 3 is 1.91 bits per heavy atom. The second-order valence-corrected chi connectivity index (χ2v) is 5.64. The van der Waals surface area contributed by atoms with Crippen LogP contribution in [0.5, 0.6) is 0 Å². The average Bonchev–Trinajstić information content (AvgIpc) is 3.11. The first-order chi connectivity index (χ1) is 10.6. The molecule has 3 heterocycles. The summed E-state index contributed by atoms with van der Waals surface area (Å²) in [6, 6.07) is 0. The molecule has 0 aromatic carbocycles. The fourth-order valence-electron chi connectivity index (χ4n) is 1.90. The molecular formula is C15H24N4O3. The van der Waals surface area contributed by atoms with Gasteiger partial charge in [0, 0.05) is 19.8 Å². The summed E-state index contributed by atoms with van der Waals surface area (Å²) in [6.07, 6.45) is 2.47. The Kier molecular flexibility index (Phi) is 5.28. The summed E-state index contributed by atoms with van der Waals surface area (Å²) in [5.74, 6) is 3.57. The van der Waals surface area contributed by atoms with Gasteiger partial charge in [-0.1, -0.05) is 24.2 Å². The van der Waals surface area contributed by atoms with Crippen LogP contribution in [0.2, 0.25) is 0 Å². The molecule has 122 valence electrons. The molecule has 0 bridgehead atoms. The van der Waals surface area contributed by atoms with E-state index in [0.717, 1.165) is 11.6 Å². The molecule has 2 aliphatic rings. The molecule has 1 aliphatic heterocycles. The van der Waals surface area contributed by atoms with Gasteiger partial charge in [-0.2, -0.15) is 9.97 Å². The topological polar surface area (TPSA) is 87.1 Å². The van der Waals surface area contributed by atoms with E-state index in [1.807, 2.05) is 20.8 Å². The molecule has 2 fully saturated rings. The summed E-state index contributed by atoms with van der Waals surface area (Å²) in [4.78, 5) is 8.24. The highest BCUT2D eigenvalue weighted by atomic mass is 16.5. The summed E-state index contributed by atoms with van der Waals surface area (Å²) in [5.41, 5.74) is -0.00222. The van der Waals surface area contributed by atoms with Gasteiger partial charge in [0.15, 0.2) is 11.6 Å². The first-order valence-corrected chi connectivity index (χ1v) is 7.75. The Balaban J connectivity index is 0.000000146. The smallest absolute Gasteiger partial charge is 0.223 e. The van der Waals surface area contributed by atoms with Crippen LogP contribution in [-0.4, -0.2) is 33.5 Å². The molecule has 7 nitrogen and oxygen atoms in total. The van der Waals surface area contributed by atoms with Crippen LogP contribution in [0.3, 0.4) is 0 Å². The van der Waals surface area contributed by atoms with Crippen LogP contribution in [0.1, 0.15) is 63.0 Å². The van der Waals surface area contributed by atoms with Gasteiger partial charge >= 0.3 is 0 Å². The van der Waals surface area contributed by atoms with Crippen LogP contribution in [0.25, 0.3) is 0 Å². The summed E-state index contributed by atoms with van der Waals surface area (Å²) >= 11 is 0. The van der Waals surface area contributed by atoms with E-state index >= 15 is 0 Å². The maximum Gasteiger partial charge on any atom is 0.223 e. The number of ether oxygens (including phenoxy) is 1. The molecule has 1 aliphatic carbocycles. The third-order valence-electron chi connectivity index (χ3n) is 3.39. The molecule has 0 radical (unpaired) electrons. The highest BCUT2D eigenvalue weighted by molar-refractivity contribution is 5.08. The first-order valence-electron chi connectivity index (χ1n) is 7.75. The van der Waals surface area contributed by atoms with E-state index in [4.69, 9.17) is 13.8 Å². The van der Waals surface area contributed by atoms with Crippen molar-refractivity contribution in [2.24, 2.45) is 0 Å². The zero-order chi connectivity index (χ0) is 16.2. The van der Waals surface area contributed by atoms with Crippen LogP contribution < -0.4 is 0 Å². The molecule has 2 aromatic heterocycles. The number of hydrogen-bond donors (Lipinski definition) is 0. The lowest BCUT2D eigenvalue weighted by molar-refractivity contribution is -0.0551. The van der Waals surface area contributed by atoms with Crippen LogP contribution in [0, 0.1) is 13.8 Å². The summed E-state index contributed by atoms with van der Waals surface area (Å²) < 4.78 is 14.8. The summed E-state index contributed by atoms with van der Waals surface area (Å²) in [6.45, 7) is 11.1. The minimum absolute atomic E-state index is 0.00222. The average molecular weight is 308 g/mol. The Morgan fingerprint density at radius 1 is 0.955 bits per heavy atom. The highest BCUT2D eigenvalue weighted by Crippen LogP contribution is 2.37. The third kappa shape index (κ3) is 3.91. The molecule has 4 rings (SSSR count). The minimum Gasteiger partial charge on any atom is -0.379 e. The fraction of sp³-hybridized carbons (Fsp3) is 0.733. The van der Waals surface area contributed by atoms with Crippen molar-refractivity contribution in [3.05, 3.63) is 23.4 Å². The predicted octanol–water partition coefficient (Wildman–Crippen LogP) is 2.95. The number of aromatic nitrogens is 4. The van der Waals surface area contributed by atoms with Gasteiger partial charge in [0.05, 0.1) is 18.6 Å². The monoisotopic (exact) mass is 308 g/mol. The number of rotatable bonds is 2. The van der Waals surface area contributed by atoms with Gasteiger partial charge in [-0.25, -0.2) is 0 Å². The van der Waals surface area contributed by atoms with Gasteiger partial charge in [0.1, 0.15) is 0 Å². The molecule has 0 amide bonds.